The molecule has 2 aliphatic carbocycles. The van der Waals surface area contributed by atoms with Gasteiger partial charge in [-0.1, -0.05) is 95.3 Å². The molecule has 8 aromatic heterocycles. The Morgan fingerprint density at radius 1 is 0.546 bits per heavy atom. The van der Waals surface area contributed by atoms with Gasteiger partial charge in [-0.15, -0.1) is 0 Å². The third kappa shape index (κ3) is 14.6. The molecule has 3 aromatic carbocycles. The summed E-state index contributed by atoms with van der Waals surface area (Å²) in [7, 11) is 0. The molecule has 108 heavy (non-hydrogen) atoms. The second-order valence-corrected chi connectivity index (χ2v) is 32.1. The van der Waals surface area contributed by atoms with Crippen molar-refractivity contribution in [1.29, 1.82) is 0 Å². The van der Waals surface area contributed by atoms with Crippen molar-refractivity contribution in [3.05, 3.63) is 139 Å². The molecule has 2 saturated carbocycles. The SMILES string of the molecule is CC1(F)CCC2(CCN(c3cnc4c(-c5cccc(Cl)c5Cl)[nH]nc4n3)CC2)C1N.CCC1(O)CCN(c2cnc3c(-c4c(F)cccc4Cl)[nH]nc3n2)CC1.Cc1[nH]ncc1C1=NCc2nc(N3CCC(C)(N)CC3)cnc21.NC1C(F)CCC12CCN(c1cnc3c(-c4cccc(Cl)c4Cl)[nH]nc3n1)CC2. The van der Waals surface area contributed by atoms with E-state index in [1.54, 1.807) is 56.0 Å². The predicted octanol–water partition coefficient (Wildman–Crippen LogP) is 13.9. The first-order valence-corrected chi connectivity index (χ1v) is 38.4. The molecule has 11 aromatic rings. The van der Waals surface area contributed by atoms with Crippen LogP contribution >= 0.6 is 58.0 Å². The number of aryl methyl sites for hydroxylation is 1. The molecule has 2 spiro atoms. The third-order valence-corrected chi connectivity index (χ3v) is 25.4. The Bertz CT molecular complexity index is 5130. The highest BCUT2D eigenvalue weighted by atomic mass is 35.5. The number of aliphatic imine (C=N–C) groups is 1. The maximum absolute atomic E-state index is 14.6. The van der Waals surface area contributed by atoms with Crippen molar-refractivity contribution >= 4 is 120 Å². The minimum absolute atomic E-state index is 0.0598. The molecule has 6 fully saturated rings. The normalized spacial score (nSPS) is 21.9. The van der Waals surface area contributed by atoms with Crippen molar-refractivity contribution in [1.82, 2.24) is 80.7 Å². The summed E-state index contributed by atoms with van der Waals surface area (Å²) < 4.78 is 42.8. The van der Waals surface area contributed by atoms with Crippen LogP contribution in [0.2, 0.25) is 25.1 Å². The van der Waals surface area contributed by atoms with Crippen LogP contribution in [0.25, 0.3) is 67.3 Å². The van der Waals surface area contributed by atoms with E-state index in [0.717, 1.165) is 154 Å². The lowest BCUT2D eigenvalue weighted by atomic mass is 9.73. The van der Waals surface area contributed by atoms with Crippen LogP contribution in [0.15, 0.2) is 90.6 Å². The number of nitrogens with zero attached hydrogens (tertiary/aromatic N) is 17. The number of aliphatic hydroxyl groups is 1. The van der Waals surface area contributed by atoms with Gasteiger partial charge < -0.3 is 41.9 Å². The van der Waals surface area contributed by atoms with Gasteiger partial charge in [0, 0.05) is 92.4 Å². The number of benzene rings is 3. The Morgan fingerprint density at radius 2 is 1.01 bits per heavy atom. The lowest BCUT2D eigenvalue weighted by Gasteiger charge is -2.43. The van der Waals surface area contributed by atoms with Crippen LogP contribution in [0.1, 0.15) is 127 Å². The number of hydrogen-bond acceptors (Lipinski definition) is 21. The van der Waals surface area contributed by atoms with Gasteiger partial charge in [0.1, 0.15) is 63.2 Å². The minimum Gasteiger partial charge on any atom is -0.390 e. The van der Waals surface area contributed by atoms with Gasteiger partial charge in [-0.3, -0.25) is 25.4 Å². The van der Waals surface area contributed by atoms with E-state index in [0.29, 0.717) is 122 Å². The molecule has 5 aliphatic heterocycles. The first kappa shape index (κ1) is 75.0. The summed E-state index contributed by atoms with van der Waals surface area (Å²) >= 11 is 31.1. The first-order valence-electron chi connectivity index (χ1n) is 36.6. The smallest absolute Gasteiger partial charge is 0.202 e. The highest BCUT2D eigenvalue weighted by molar-refractivity contribution is 6.44. The largest absolute Gasteiger partial charge is 0.390 e. The zero-order valence-electron chi connectivity index (χ0n) is 60.2. The van der Waals surface area contributed by atoms with Gasteiger partial charge in [-0.25, -0.2) is 53.0 Å². The Kier molecular flexibility index (Phi) is 20.9. The first-order chi connectivity index (χ1) is 51.8. The number of aromatic nitrogens is 16. The van der Waals surface area contributed by atoms with Crippen LogP contribution in [-0.4, -0.2) is 179 Å². The van der Waals surface area contributed by atoms with E-state index in [2.05, 4.69) is 102 Å². The average molecular weight is 1570 g/mol. The number of anilines is 4. The van der Waals surface area contributed by atoms with Crippen molar-refractivity contribution in [3.8, 4) is 33.8 Å². The van der Waals surface area contributed by atoms with Crippen molar-refractivity contribution < 1.29 is 18.3 Å². The summed E-state index contributed by atoms with van der Waals surface area (Å²) in [5, 5.41) is 41.1. The van der Waals surface area contributed by atoms with E-state index >= 15 is 0 Å². The van der Waals surface area contributed by atoms with Crippen molar-refractivity contribution in [2.45, 2.75) is 153 Å². The highest BCUT2D eigenvalue weighted by Crippen LogP contribution is 2.52. The second-order valence-electron chi connectivity index (χ2n) is 30.1. The fourth-order valence-electron chi connectivity index (χ4n) is 16.3. The quantitative estimate of drug-likeness (QED) is 0.0665. The zero-order chi connectivity index (χ0) is 75.6. The van der Waals surface area contributed by atoms with Gasteiger partial charge >= 0.3 is 0 Å². The Labute approximate surface area is 646 Å². The van der Waals surface area contributed by atoms with Crippen LogP contribution in [-0.2, 0) is 6.54 Å². The van der Waals surface area contributed by atoms with E-state index in [-0.39, 0.29) is 33.0 Å². The van der Waals surface area contributed by atoms with Crippen LogP contribution < -0.4 is 36.8 Å². The summed E-state index contributed by atoms with van der Waals surface area (Å²) in [4.78, 5) is 50.3. The summed E-state index contributed by atoms with van der Waals surface area (Å²) in [6, 6.07) is 14.6. The van der Waals surface area contributed by atoms with Gasteiger partial charge in [0.05, 0.1) is 102 Å². The molecule has 18 rings (SSSR count). The van der Waals surface area contributed by atoms with Crippen molar-refractivity contribution in [3.63, 3.8) is 0 Å². The number of aromatic amines is 4. The molecular weight excluding hydrogens is 1490 g/mol. The molecule has 0 bridgehead atoms. The highest BCUT2D eigenvalue weighted by Gasteiger charge is 2.54. The van der Waals surface area contributed by atoms with Crippen molar-refractivity contribution in [2.75, 3.05) is 72.0 Å². The van der Waals surface area contributed by atoms with Crippen molar-refractivity contribution in [2.24, 2.45) is 33.0 Å². The van der Waals surface area contributed by atoms with Crippen LogP contribution in [0, 0.1) is 23.6 Å². The number of alkyl halides is 2. The number of H-pyrrole nitrogens is 4. The molecule has 25 nitrogen and oxygen atoms in total. The molecule has 11 N–H and O–H groups in total. The summed E-state index contributed by atoms with van der Waals surface area (Å²) in [5.74, 6) is 2.73. The third-order valence-electron chi connectivity index (χ3n) is 23.4. The number of nitrogens with two attached hydrogens (primary N) is 3. The minimum atomic E-state index is -1.27. The van der Waals surface area contributed by atoms with E-state index < -0.39 is 29.3 Å². The summed E-state index contributed by atoms with van der Waals surface area (Å²) in [6.45, 7) is 14.7. The van der Waals surface area contributed by atoms with Gasteiger partial charge in [-0.2, -0.15) is 20.4 Å². The zero-order valence-corrected chi connectivity index (χ0v) is 64.0. The van der Waals surface area contributed by atoms with E-state index in [1.165, 1.54) is 6.07 Å². The lowest BCUT2D eigenvalue weighted by Crippen LogP contribution is -2.52. The number of halogens is 8. The average Bonchev–Trinajstić information content (AvgIpc) is 1.59. The molecule has 4 atom stereocenters. The molecule has 0 radical (unpaired) electrons. The molecule has 4 unspecified atom stereocenters. The molecule has 13 heterocycles. The monoisotopic (exact) mass is 1570 g/mol. The van der Waals surface area contributed by atoms with E-state index in [1.807, 2.05) is 44.3 Å². The number of fused-ring (bicyclic) bond motifs is 4. The van der Waals surface area contributed by atoms with E-state index in [4.69, 9.17) is 85.2 Å². The molecule has 7 aliphatic rings. The Hall–Kier alpha value is -8.45. The van der Waals surface area contributed by atoms with Crippen LogP contribution in [0.5, 0.6) is 0 Å². The fraction of sp³-hybridized carbons (Fsp3) is 0.453. The topological polar surface area (TPSA) is 341 Å². The molecule has 33 heteroatoms. The second kappa shape index (κ2) is 30.1. The van der Waals surface area contributed by atoms with Crippen LogP contribution in [0.4, 0.5) is 36.4 Å². The maximum Gasteiger partial charge on any atom is 0.202 e. The molecular formula is C75H84Cl5F3N24O. The standard InChI is InChI=1S/C21H23Cl2FN6.C20H21Cl2FN6.C18H19ClFN5O.C16H21N7/c1-20(24)5-6-21(19(20)25)7-9-30(10-8-21)14-11-26-17-16(28-29-18(17)27-14)12-3-2-4-13(22)15(12)23;21-12-3-1-2-11(15(12)22)16-17-19(28-27-16)26-14(10-25-17)29-8-6-20(7-9-29)5-4-13(23)18(20)24;1-2-18(26)6-8-25(9-7-18)13-10-21-16-15(23-24-17(16)22-13)14-11(19)4-3-5-12(14)20;1-10-11(7-20-22-10)14-15-12(8-18-14)21-13(9-19-15)23-5-3-16(2,17)4-6-23/h2-4,11,19H,5-10,25H2,1H3,(H,27,28,29);1-3,10,13,18H,4-9,24H2,(H,26,27,28);3-5,10,26H,2,6-9H2,1H3,(H,22,23,24);7,9H,3-6,8,17H2,1-2H3,(H,20,22). The lowest BCUT2D eigenvalue weighted by molar-refractivity contribution is 0.0124. The van der Waals surface area contributed by atoms with E-state index in [9.17, 15) is 18.3 Å². The molecule has 566 valence electrons. The van der Waals surface area contributed by atoms with Gasteiger partial charge in [-0.05, 0) is 139 Å². The number of rotatable bonds is 9. The Balaban J connectivity index is 0.000000115. The van der Waals surface area contributed by atoms with Gasteiger partial charge in [0.2, 0.25) is 16.9 Å². The van der Waals surface area contributed by atoms with Gasteiger partial charge in [0.15, 0.2) is 0 Å². The number of piperidine rings is 4. The maximum atomic E-state index is 14.6. The molecule has 4 saturated heterocycles. The fourth-order valence-corrected chi connectivity index (χ4v) is 17.3. The Morgan fingerprint density at radius 3 is 1.48 bits per heavy atom. The number of hydrogen-bond donors (Lipinski definition) is 8. The van der Waals surface area contributed by atoms with Crippen LogP contribution in [0.3, 0.4) is 0 Å². The predicted molar refractivity (Wildman–Crippen MR) is 418 cm³/mol. The number of nitrogens with one attached hydrogen (secondary N) is 4. The molecule has 0 amide bonds. The van der Waals surface area contributed by atoms with Gasteiger partial charge in [0.25, 0.3) is 0 Å². The summed E-state index contributed by atoms with van der Waals surface area (Å²) in [6.07, 6.45) is 18.3. The summed E-state index contributed by atoms with van der Waals surface area (Å²) in [5.41, 5.74) is 28.0.